The molecule has 1 aliphatic heterocycles. The summed E-state index contributed by atoms with van der Waals surface area (Å²) >= 11 is -1.71. The molecule has 10 heavy (non-hydrogen) atoms. The molecule has 48 valence electrons. The third kappa shape index (κ3) is 3.46. The van der Waals surface area contributed by atoms with Gasteiger partial charge in [-0.05, 0) is 10.4 Å². The summed E-state index contributed by atoms with van der Waals surface area (Å²) in [5.74, 6) is 0. The first kappa shape index (κ1) is 8.46. The van der Waals surface area contributed by atoms with E-state index in [1.807, 2.05) is 0 Å². The topological polar surface area (TPSA) is 146 Å². The Hall–Kier alpha value is -1.54. The van der Waals surface area contributed by atoms with Gasteiger partial charge in [0.05, 0.1) is 0 Å². The summed E-state index contributed by atoms with van der Waals surface area (Å²) in [4.78, 5) is 7.16. The molecule has 0 radical (unpaired) electrons. The molecule has 0 saturated carbocycles. The van der Waals surface area contributed by atoms with Gasteiger partial charge in [-0.15, -0.1) is 4.10 Å². The summed E-state index contributed by atoms with van der Waals surface area (Å²) in [7, 11) is 0. The third-order valence-corrected chi connectivity index (χ3v) is 1.39. The molecule has 0 amide bonds. The molecule has 0 unspecified atom stereocenters. The van der Waals surface area contributed by atoms with Crippen LogP contribution >= 0.6 is 0 Å². The molecule has 1 heterocycles. The van der Waals surface area contributed by atoms with Crippen LogP contribution in [-0.2, 0) is 0 Å². The van der Waals surface area contributed by atoms with Gasteiger partial charge < -0.3 is 11.1 Å². The Balaban J connectivity index is 0.000000236. The van der Waals surface area contributed by atoms with E-state index >= 15 is 0 Å². The maximum absolute atomic E-state index is 7.73. The van der Waals surface area contributed by atoms with Crippen molar-refractivity contribution in [3.05, 3.63) is 26.4 Å². The lowest BCUT2D eigenvalue weighted by atomic mass is 12.9. The zero-order valence-corrected chi connectivity index (χ0v) is 5.76. The fraction of sp³-hybridized carbons (Fsp3) is 0. The largest absolute Gasteiger partial charge is 0.954 e. The van der Waals surface area contributed by atoms with Gasteiger partial charge in [0.1, 0.15) is 0 Å². The number of nitrogens with zero attached hydrogens (tertiary/aromatic N) is 9. The molecular weight excluding hydrogens is 153 g/mol. The monoisotopic (exact) mass is 153 g/mol. The van der Waals surface area contributed by atoms with Gasteiger partial charge in [0.15, 0.2) is 4.91 Å². The summed E-state index contributed by atoms with van der Waals surface area (Å²) in [5.41, 5.74) is 21.2. The van der Waals surface area contributed by atoms with Gasteiger partial charge in [0.25, 0.3) is 0 Å². The van der Waals surface area contributed by atoms with Gasteiger partial charge in [-0.1, -0.05) is 0 Å². The van der Waals surface area contributed by atoms with Crippen molar-refractivity contribution in [3.8, 4) is 0 Å². The van der Waals surface area contributed by atoms with Crippen LogP contribution < -0.4 is 4.91 Å². The average Bonchev–Trinajstić information content (AvgIpc) is 1.81. The second-order valence-corrected chi connectivity index (χ2v) is 2.35. The molecule has 9 nitrogen and oxygen atoms in total. The number of hydrogen-bond donors (Lipinski definition) is 0. The van der Waals surface area contributed by atoms with Crippen LogP contribution in [0.4, 0.5) is 0 Å². The van der Waals surface area contributed by atoms with E-state index in [9.17, 15) is 0 Å². The lowest BCUT2D eigenvalue weighted by molar-refractivity contribution is 1.02. The van der Waals surface area contributed by atoms with Gasteiger partial charge in [-0.3, -0.25) is 4.91 Å². The summed E-state index contributed by atoms with van der Waals surface area (Å²) in [6, 6.07) is 0. The van der Waals surface area contributed by atoms with Crippen LogP contribution in [0.1, 0.15) is 0 Å². The first-order chi connectivity index (χ1) is 4.85. The Morgan fingerprint density at radius 1 is 1.30 bits per heavy atom. The summed E-state index contributed by atoms with van der Waals surface area (Å²) < 4.78 is 10.1. The SMILES string of the molecule is [N-]=[N+]=[N-].[N-]=[N+]=[N][Al]1[N]=[N+]=[N]1. The highest BCUT2D eigenvalue weighted by Gasteiger charge is 2.41. The van der Waals surface area contributed by atoms with Crippen molar-refractivity contribution in [2.75, 3.05) is 0 Å². The number of azide groups is 1. The molecule has 10 heteroatoms. The Morgan fingerprint density at radius 2 is 1.80 bits per heavy atom. The maximum Gasteiger partial charge on any atom is 0.954 e. The van der Waals surface area contributed by atoms with Gasteiger partial charge >= 0.3 is 14.8 Å². The van der Waals surface area contributed by atoms with E-state index in [4.69, 9.17) is 16.6 Å². The summed E-state index contributed by atoms with van der Waals surface area (Å²) in [6.45, 7) is 0. The van der Waals surface area contributed by atoms with Crippen molar-refractivity contribution in [3.63, 3.8) is 0 Å². The van der Waals surface area contributed by atoms with E-state index in [0.29, 0.717) is 0 Å². The molecule has 0 N–H and O–H groups in total. The van der Waals surface area contributed by atoms with Crippen LogP contribution in [0, 0.1) is 0 Å². The standard InChI is InChI=1S/Al.3N3/c;3*1-3-2/q+3;3*-1. The van der Waals surface area contributed by atoms with Crippen molar-refractivity contribution < 1.29 is 0 Å². The summed E-state index contributed by atoms with van der Waals surface area (Å²) in [6.07, 6.45) is 0. The van der Waals surface area contributed by atoms with E-state index in [1.54, 1.807) is 0 Å². The third-order valence-electron chi connectivity index (χ3n) is 0.465. The lowest BCUT2D eigenvalue weighted by Gasteiger charge is -1.67. The molecule has 1 aliphatic rings. The Kier molecular flexibility index (Phi) is 4.74. The van der Waals surface area contributed by atoms with Crippen LogP contribution in [0.2, 0.25) is 0 Å². The molecular formula is AlN9. The van der Waals surface area contributed by atoms with E-state index < -0.39 is 14.8 Å². The van der Waals surface area contributed by atoms with Crippen molar-refractivity contribution in [1.29, 1.82) is 0 Å². The Bertz CT molecular complexity index is 221. The van der Waals surface area contributed by atoms with E-state index in [2.05, 4.69) is 22.1 Å². The van der Waals surface area contributed by atoms with Crippen molar-refractivity contribution in [2.45, 2.75) is 0 Å². The lowest BCUT2D eigenvalue weighted by Crippen LogP contribution is -2.08. The molecule has 0 aromatic carbocycles. The van der Waals surface area contributed by atoms with Gasteiger partial charge in [0.2, 0.25) is 0 Å². The highest BCUT2D eigenvalue weighted by molar-refractivity contribution is 6.53. The van der Waals surface area contributed by atoms with Crippen LogP contribution in [0.5, 0.6) is 0 Å². The predicted octanol–water partition coefficient (Wildman–Crippen LogP) is 1.13. The van der Waals surface area contributed by atoms with Crippen molar-refractivity contribution >= 4 is 14.8 Å². The molecule has 0 bridgehead atoms. The molecule has 0 saturated heterocycles. The highest BCUT2D eigenvalue weighted by atomic mass is 27.2. The van der Waals surface area contributed by atoms with Gasteiger partial charge in [0, 0.05) is 8.20 Å². The molecule has 0 aromatic rings. The van der Waals surface area contributed by atoms with Crippen molar-refractivity contribution in [1.82, 2.24) is 4.91 Å². The van der Waals surface area contributed by atoms with E-state index in [1.165, 1.54) is 4.91 Å². The Morgan fingerprint density at radius 3 is 1.90 bits per heavy atom. The first-order valence-electron chi connectivity index (χ1n) is 1.97. The highest BCUT2D eigenvalue weighted by Crippen LogP contribution is 1.91. The van der Waals surface area contributed by atoms with Crippen molar-refractivity contribution in [2.24, 2.45) is 12.3 Å². The minimum atomic E-state index is -1.71. The fourth-order valence-corrected chi connectivity index (χ4v) is 0.571. The Labute approximate surface area is 59.2 Å². The second kappa shape index (κ2) is 5.60. The van der Waals surface area contributed by atoms with Crippen LogP contribution in [0.15, 0.2) is 12.3 Å². The van der Waals surface area contributed by atoms with Gasteiger partial charge in [-0.25, -0.2) is 0 Å². The molecule has 0 spiro atoms. The average molecular weight is 153 g/mol. The fourth-order valence-electron chi connectivity index (χ4n) is 0.190. The number of hydrogen-bond acceptors (Lipinski definition) is 3. The molecule has 1 rings (SSSR count). The smallest absolute Gasteiger partial charge is 0.373 e. The normalized spacial score (nSPS) is 9.80. The first-order valence-corrected chi connectivity index (χ1v) is 3.52. The molecule has 0 aromatic heterocycles. The zero-order chi connectivity index (χ0) is 7.82. The minimum Gasteiger partial charge on any atom is -0.373 e. The maximum atomic E-state index is 7.73. The zero-order valence-electron chi connectivity index (χ0n) is 4.60. The molecule has 0 aliphatic carbocycles. The van der Waals surface area contributed by atoms with Crippen LogP contribution in [-0.4, -0.2) is 14.8 Å². The molecule has 0 atom stereocenters. The van der Waals surface area contributed by atoms with Crippen LogP contribution in [0.3, 0.4) is 0 Å². The van der Waals surface area contributed by atoms with E-state index in [0.717, 1.165) is 0 Å². The quantitative estimate of drug-likeness (QED) is 0.230. The predicted molar refractivity (Wildman–Crippen MR) is 32.0 cm³/mol. The molecule has 0 fully saturated rings. The van der Waals surface area contributed by atoms with Gasteiger partial charge in [-0.2, -0.15) is 0 Å². The van der Waals surface area contributed by atoms with E-state index in [-0.39, 0.29) is 0 Å². The van der Waals surface area contributed by atoms with Crippen LogP contribution in [0.25, 0.3) is 26.4 Å². The number of rotatable bonds is 1. The minimum absolute atomic E-state index is 1.50. The summed E-state index contributed by atoms with van der Waals surface area (Å²) in [5, 5.41) is 0. The second-order valence-electron chi connectivity index (χ2n) is 0.961.